The Hall–Kier alpha value is -1.76. The Bertz CT molecular complexity index is 2900. The summed E-state index contributed by atoms with van der Waals surface area (Å²) in [6.07, 6.45) is 10.1. The van der Waals surface area contributed by atoms with Crippen molar-refractivity contribution < 1.29 is 150 Å². The first-order chi connectivity index (χ1) is 27.1. The van der Waals surface area contributed by atoms with Crippen LogP contribution in [-0.2, 0) is 51.8 Å². The number of rotatable bonds is 9. The van der Waals surface area contributed by atoms with Crippen molar-refractivity contribution in [3.8, 4) is 5.75 Å². The second-order valence-electron chi connectivity index (χ2n) is 15.3. The Morgan fingerprint density at radius 1 is 0.839 bits per heavy atom. The van der Waals surface area contributed by atoms with Crippen molar-refractivity contribution in [3.05, 3.63) is 108 Å². The number of fused-ring (bicyclic) bond motifs is 6. The van der Waals surface area contributed by atoms with E-state index in [4.69, 9.17) is 30.3 Å². The maximum absolute atomic E-state index is 12.0. The molecular weight excluding hydrogens is 914 g/mol. The van der Waals surface area contributed by atoms with Crippen LogP contribution in [0.1, 0.15) is 52.7 Å². The quantitative estimate of drug-likeness (QED) is 0.0515. The summed E-state index contributed by atoms with van der Waals surface area (Å²) in [5.41, 5.74) is 4.07. The maximum atomic E-state index is 12.0. The molecule has 15 nitrogen and oxygen atoms in total. The number of hydrogen-bond acceptors (Lipinski definition) is 14. The molecule has 0 bridgehead atoms. The predicted molar refractivity (Wildman–Crippen MR) is 221 cm³/mol. The van der Waals surface area contributed by atoms with Gasteiger partial charge in [0.05, 0.1) is 32.6 Å². The zero-order valence-corrected chi connectivity index (χ0v) is 45.7. The molecular formula is C40H43N2Na3O13S4. The van der Waals surface area contributed by atoms with Gasteiger partial charge in [0, 0.05) is 40.6 Å². The van der Waals surface area contributed by atoms with E-state index in [9.17, 15) is 25.9 Å². The summed E-state index contributed by atoms with van der Waals surface area (Å²) in [5.74, 6) is -0.149. The van der Waals surface area contributed by atoms with Gasteiger partial charge in [0.2, 0.25) is 5.69 Å². The van der Waals surface area contributed by atoms with Gasteiger partial charge in [0.1, 0.15) is 38.9 Å². The van der Waals surface area contributed by atoms with Crippen molar-refractivity contribution in [2.75, 3.05) is 30.7 Å². The molecule has 0 N–H and O–H groups in total. The Balaban J connectivity index is 0.00000146. The van der Waals surface area contributed by atoms with Crippen LogP contribution in [0.4, 0.5) is 11.4 Å². The molecule has 2 aliphatic heterocycles. The number of ether oxygens (including phenoxy) is 1. The van der Waals surface area contributed by atoms with E-state index in [1.54, 1.807) is 4.90 Å². The third-order valence-corrected chi connectivity index (χ3v) is 11.0. The predicted octanol–water partition coefficient (Wildman–Crippen LogP) is -3.80. The molecule has 4 aromatic carbocycles. The largest absolute Gasteiger partial charge is 1.00 e. The van der Waals surface area contributed by atoms with E-state index in [2.05, 4.69) is 24.5 Å². The first-order valence-corrected chi connectivity index (χ1v) is 23.5. The van der Waals surface area contributed by atoms with Crippen molar-refractivity contribution in [1.82, 2.24) is 0 Å². The molecule has 0 saturated heterocycles. The van der Waals surface area contributed by atoms with Crippen LogP contribution >= 0.6 is 0 Å². The third-order valence-electron chi connectivity index (χ3n) is 9.59. The van der Waals surface area contributed by atoms with Gasteiger partial charge in [-0.05, 0) is 61.1 Å². The van der Waals surface area contributed by atoms with Gasteiger partial charge in [0.15, 0.2) is 5.71 Å². The molecule has 2 heterocycles. The second kappa shape index (κ2) is 22.6. The smallest absolute Gasteiger partial charge is 0.748 e. The Labute approximate surface area is 431 Å². The van der Waals surface area contributed by atoms with E-state index in [0.29, 0.717) is 35.4 Å². The fraction of sp³-hybridized carbons (Fsp3) is 0.325. The molecule has 0 amide bonds. The first-order valence-electron chi connectivity index (χ1n) is 17.7. The summed E-state index contributed by atoms with van der Waals surface area (Å²) >= 11 is 0. The summed E-state index contributed by atoms with van der Waals surface area (Å²) in [4.78, 5) is 1.26. The summed E-state index contributed by atoms with van der Waals surface area (Å²) in [7, 11) is -14.4. The molecule has 6 rings (SSSR count). The van der Waals surface area contributed by atoms with Gasteiger partial charge in [-0.1, -0.05) is 45.9 Å². The zero-order chi connectivity index (χ0) is 44.5. The first kappa shape index (κ1) is 58.3. The number of benzene rings is 4. The molecule has 0 unspecified atom stereocenters. The maximum Gasteiger partial charge on any atom is 1.00 e. The zero-order valence-electron chi connectivity index (χ0n) is 36.4. The minimum absolute atomic E-state index is 0. The Kier molecular flexibility index (Phi) is 21.3. The number of allylic oxidation sites excluding steroid dienone is 6. The van der Waals surface area contributed by atoms with E-state index < -0.39 is 57.7 Å². The van der Waals surface area contributed by atoms with Crippen molar-refractivity contribution in [1.29, 1.82) is 0 Å². The molecule has 0 saturated carbocycles. The SMILES string of the molecule is CC(C)COc1cc(S(=O)(=O)[O-])cc2ccc3c(c12)C(C)(C)C(C=CC=CC=C1N(CS(=O)(=O)[O-])c2ccc4c[c-]ccc4c2C1(C)C)=[N+]3C.CS(=O)(=O)[O-].O=S(=O)=O.[Na+].[Na+].[Na+]. The standard InChI is InChI=1S/C39H42N2O7S2.CH4O3S.3Na.O3S/c1-25(2)23-48-32-22-28(50(45,46)47)21-27-18-19-30-37(35(27)32)38(3,4)33(40(30)7)15-9-8-10-16-34-39(5,6)36-29-14-12-11-13-26(29)17-20-31(36)41(34)24-49(42,43)44;1-5(2,3)4;;;;1-4(2)3/h8-10,12-22,25H,23-24H2,1-7H3,(H,42,43,44)(H,45,46,47);1H3,(H,2,3,4);;;;/q;;3*+1;/p-3. The van der Waals surface area contributed by atoms with Gasteiger partial charge in [-0.15, -0.1) is 29.5 Å². The van der Waals surface area contributed by atoms with Gasteiger partial charge in [-0.3, -0.25) is 0 Å². The van der Waals surface area contributed by atoms with E-state index in [-0.39, 0.29) is 99.5 Å². The Morgan fingerprint density at radius 2 is 1.42 bits per heavy atom. The van der Waals surface area contributed by atoms with Crippen LogP contribution in [0.25, 0.3) is 21.5 Å². The number of hydrogen-bond donors (Lipinski definition) is 0. The van der Waals surface area contributed by atoms with Gasteiger partial charge in [-0.2, -0.15) is 28.8 Å². The molecule has 0 aliphatic carbocycles. The fourth-order valence-corrected chi connectivity index (χ4v) is 8.56. The minimum Gasteiger partial charge on any atom is -0.748 e. The molecule has 0 aromatic heterocycles. The van der Waals surface area contributed by atoms with Crippen LogP contribution in [0.3, 0.4) is 0 Å². The minimum atomic E-state index is -4.71. The summed E-state index contributed by atoms with van der Waals surface area (Å²) < 4.78 is 133. The van der Waals surface area contributed by atoms with Crippen LogP contribution in [-0.4, -0.2) is 87.6 Å². The van der Waals surface area contributed by atoms with E-state index in [1.165, 1.54) is 12.1 Å². The third kappa shape index (κ3) is 14.4. The molecule has 0 fully saturated rings. The molecule has 62 heavy (non-hydrogen) atoms. The molecule has 22 heteroatoms. The van der Waals surface area contributed by atoms with Gasteiger partial charge >= 0.3 is 99.3 Å². The van der Waals surface area contributed by atoms with Gasteiger partial charge in [-0.25, -0.2) is 25.3 Å². The topological polar surface area (TPSA) is 238 Å². The van der Waals surface area contributed by atoms with Crippen LogP contribution in [0.15, 0.2) is 95.6 Å². The van der Waals surface area contributed by atoms with Crippen LogP contribution in [0, 0.1) is 12.0 Å². The monoisotopic (exact) mass is 956 g/mol. The number of anilines is 1. The van der Waals surface area contributed by atoms with Gasteiger partial charge in [0.25, 0.3) is 0 Å². The van der Waals surface area contributed by atoms with Crippen LogP contribution < -0.4 is 98.3 Å². The van der Waals surface area contributed by atoms with Crippen molar-refractivity contribution in [2.45, 2.75) is 57.3 Å². The molecule has 0 spiro atoms. The number of nitrogens with zero attached hydrogens (tertiary/aromatic N) is 2. The molecule has 4 aromatic rings. The van der Waals surface area contributed by atoms with Crippen molar-refractivity contribution >= 4 is 79.6 Å². The molecule has 318 valence electrons. The molecule has 2 aliphatic rings. The molecule has 0 radical (unpaired) electrons. The summed E-state index contributed by atoms with van der Waals surface area (Å²) in [6.45, 7) is 12.6. The Morgan fingerprint density at radius 3 is 1.97 bits per heavy atom. The normalized spacial score (nSPS) is 15.9. The van der Waals surface area contributed by atoms with E-state index >= 15 is 0 Å². The van der Waals surface area contributed by atoms with Crippen LogP contribution in [0.2, 0.25) is 0 Å². The molecule has 0 atom stereocenters. The van der Waals surface area contributed by atoms with Gasteiger partial charge < -0.3 is 23.3 Å². The fourth-order valence-electron chi connectivity index (χ4n) is 7.44. The second-order valence-corrected chi connectivity index (χ2v) is 19.8. The average Bonchev–Trinajstić information content (AvgIpc) is 3.42. The summed E-state index contributed by atoms with van der Waals surface area (Å²) in [5, 5.41) is 3.32. The van der Waals surface area contributed by atoms with Crippen molar-refractivity contribution in [2.24, 2.45) is 5.92 Å². The average molecular weight is 957 g/mol. The van der Waals surface area contributed by atoms with E-state index in [0.717, 1.165) is 38.7 Å². The van der Waals surface area contributed by atoms with Crippen LogP contribution in [0.5, 0.6) is 5.75 Å². The summed E-state index contributed by atoms with van der Waals surface area (Å²) in [6, 6.07) is 19.0. The van der Waals surface area contributed by atoms with E-state index in [1.807, 2.05) is 108 Å². The van der Waals surface area contributed by atoms with Crippen molar-refractivity contribution in [3.63, 3.8) is 0 Å².